The Hall–Kier alpha value is -1.85. The van der Waals surface area contributed by atoms with Crippen molar-refractivity contribution in [3.8, 4) is 6.07 Å². The molecule has 1 saturated heterocycles. The summed E-state index contributed by atoms with van der Waals surface area (Å²) in [5, 5.41) is 8.82. The molecule has 2 rings (SSSR count). The summed E-state index contributed by atoms with van der Waals surface area (Å²) in [6.07, 6.45) is 2.19. The number of sulfonamides is 1. The van der Waals surface area contributed by atoms with E-state index in [0.29, 0.717) is 13.0 Å². The number of benzene rings is 1. The second kappa shape index (κ2) is 6.28. The van der Waals surface area contributed by atoms with E-state index in [1.807, 2.05) is 0 Å². The smallest absolute Gasteiger partial charge is 0.235 e. The number of rotatable bonds is 4. The van der Waals surface area contributed by atoms with Gasteiger partial charge in [0.2, 0.25) is 10.0 Å². The van der Waals surface area contributed by atoms with E-state index in [4.69, 9.17) is 15.7 Å². The normalized spacial score (nSPS) is 19.0. The average Bonchev–Trinajstić information content (AvgIpc) is 2.43. The Labute approximate surface area is 122 Å². The minimum absolute atomic E-state index is 0.00348. The molecule has 0 unspecified atom stereocenters. The van der Waals surface area contributed by atoms with Gasteiger partial charge in [0.05, 0.1) is 23.2 Å². The van der Waals surface area contributed by atoms with Crippen LogP contribution >= 0.6 is 0 Å². The minimum Gasteiger partial charge on any atom is -0.396 e. The highest BCUT2D eigenvalue weighted by atomic mass is 32.2. The molecule has 1 atom stereocenters. The van der Waals surface area contributed by atoms with Crippen molar-refractivity contribution in [1.82, 2.24) is 0 Å². The predicted molar refractivity (Wildman–Crippen MR) is 76.5 cm³/mol. The van der Waals surface area contributed by atoms with Crippen LogP contribution in [0.3, 0.4) is 0 Å². The van der Waals surface area contributed by atoms with E-state index in [2.05, 4.69) is 4.72 Å². The predicted octanol–water partition coefficient (Wildman–Crippen LogP) is 1.59. The molecule has 1 fully saturated rings. The van der Waals surface area contributed by atoms with Gasteiger partial charge in [-0.05, 0) is 31.4 Å². The summed E-state index contributed by atoms with van der Waals surface area (Å²) < 4.78 is 45.2. The highest BCUT2D eigenvalue weighted by Crippen LogP contribution is 2.26. The van der Waals surface area contributed by atoms with Crippen LogP contribution in [0.5, 0.6) is 0 Å². The number of nitrogens with zero attached hydrogens (tertiary/aromatic N) is 1. The van der Waals surface area contributed by atoms with Gasteiger partial charge in [-0.1, -0.05) is 0 Å². The third kappa shape index (κ3) is 3.83. The molecule has 0 aromatic heterocycles. The molecule has 8 heteroatoms. The third-order valence-electron chi connectivity index (χ3n) is 3.25. The average molecular weight is 313 g/mol. The summed E-state index contributed by atoms with van der Waals surface area (Å²) in [6.45, 7) is 0.553. The molecule has 0 bridgehead atoms. The Morgan fingerprint density at radius 2 is 2.24 bits per heavy atom. The van der Waals surface area contributed by atoms with Crippen LogP contribution in [0.25, 0.3) is 0 Å². The molecule has 0 amide bonds. The van der Waals surface area contributed by atoms with Crippen LogP contribution in [0.1, 0.15) is 24.8 Å². The van der Waals surface area contributed by atoms with Crippen LogP contribution in [-0.4, -0.2) is 26.9 Å². The monoisotopic (exact) mass is 313 g/mol. The zero-order valence-corrected chi connectivity index (χ0v) is 12.1. The fourth-order valence-electron chi connectivity index (χ4n) is 2.19. The van der Waals surface area contributed by atoms with Gasteiger partial charge in [0.1, 0.15) is 17.4 Å². The third-order valence-corrected chi connectivity index (χ3v) is 4.59. The van der Waals surface area contributed by atoms with Crippen LogP contribution in [0.15, 0.2) is 12.1 Å². The van der Waals surface area contributed by atoms with E-state index in [-0.39, 0.29) is 28.8 Å². The van der Waals surface area contributed by atoms with Crippen molar-refractivity contribution in [3.05, 3.63) is 23.5 Å². The van der Waals surface area contributed by atoms with Crippen molar-refractivity contribution in [3.63, 3.8) is 0 Å². The summed E-state index contributed by atoms with van der Waals surface area (Å²) in [7, 11) is -3.68. The SMILES string of the molecule is N#Cc1c(F)ccc(NS(=O)(=O)C[C@@H]2CCCCO2)c1N. The zero-order chi connectivity index (χ0) is 15.5. The molecule has 114 valence electrons. The Bertz CT molecular complexity index is 664. The Morgan fingerprint density at radius 1 is 1.48 bits per heavy atom. The Morgan fingerprint density at radius 3 is 2.86 bits per heavy atom. The first-order valence-corrected chi connectivity index (χ1v) is 8.18. The van der Waals surface area contributed by atoms with Gasteiger partial charge in [-0.3, -0.25) is 4.72 Å². The fraction of sp³-hybridized carbons (Fsp3) is 0.462. The number of ether oxygens (including phenoxy) is 1. The molecule has 1 aliphatic heterocycles. The maximum Gasteiger partial charge on any atom is 0.235 e. The van der Waals surface area contributed by atoms with E-state index < -0.39 is 15.8 Å². The first-order chi connectivity index (χ1) is 9.93. The number of hydrogen-bond acceptors (Lipinski definition) is 5. The first-order valence-electron chi connectivity index (χ1n) is 6.53. The lowest BCUT2D eigenvalue weighted by molar-refractivity contribution is 0.0306. The van der Waals surface area contributed by atoms with Gasteiger partial charge in [0, 0.05) is 6.61 Å². The molecule has 1 aromatic rings. The standard InChI is InChI=1S/C13H16FN3O3S/c14-11-4-5-12(13(16)10(11)7-15)17-21(18,19)8-9-3-1-2-6-20-9/h4-5,9,17H,1-3,6,8,16H2/t9-/m0/s1. The van der Waals surface area contributed by atoms with Gasteiger partial charge in [-0.25, -0.2) is 12.8 Å². The van der Waals surface area contributed by atoms with Crippen molar-refractivity contribution in [1.29, 1.82) is 5.26 Å². The number of nitrogens with one attached hydrogen (secondary N) is 1. The summed E-state index contributed by atoms with van der Waals surface area (Å²) in [6, 6.07) is 3.81. The molecule has 1 aliphatic rings. The zero-order valence-electron chi connectivity index (χ0n) is 11.3. The maximum absolute atomic E-state index is 13.3. The Balaban J connectivity index is 2.15. The lowest BCUT2D eigenvalue weighted by Crippen LogP contribution is -2.31. The number of hydrogen-bond donors (Lipinski definition) is 2. The lowest BCUT2D eigenvalue weighted by atomic mass is 10.1. The highest BCUT2D eigenvalue weighted by Gasteiger charge is 2.23. The molecule has 3 N–H and O–H groups in total. The molecule has 0 saturated carbocycles. The van der Waals surface area contributed by atoms with Crippen LogP contribution in [-0.2, 0) is 14.8 Å². The number of anilines is 2. The van der Waals surface area contributed by atoms with Gasteiger partial charge < -0.3 is 10.5 Å². The van der Waals surface area contributed by atoms with Crippen LogP contribution in [0.2, 0.25) is 0 Å². The van der Waals surface area contributed by atoms with Gasteiger partial charge in [0.15, 0.2) is 0 Å². The van der Waals surface area contributed by atoms with Crippen molar-refractivity contribution < 1.29 is 17.5 Å². The van der Waals surface area contributed by atoms with Crippen molar-refractivity contribution in [2.75, 3.05) is 22.8 Å². The maximum atomic E-state index is 13.3. The minimum atomic E-state index is -3.68. The number of nitrogens with two attached hydrogens (primary N) is 1. The molecule has 1 heterocycles. The highest BCUT2D eigenvalue weighted by molar-refractivity contribution is 7.92. The van der Waals surface area contributed by atoms with Crippen molar-refractivity contribution >= 4 is 21.4 Å². The molecule has 0 aliphatic carbocycles. The van der Waals surface area contributed by atoms with Gasteiger partial charge >= 0.3 is 0 Å². The van der Waals surface area contributed by atoms with Crippen LogP contribution in [0.4, 0.5) is 15.8 Å². The van der Waals surface area contributed by atoms with Gasteiger partial charge in [-0.2, -0.15) is 5.26 Å². The summed E-state index contributed by atoms with van der Waals surface area (Å²) >= 11 is 0. The molecule has 0 spiro atoms. The Kier molecular flexibility index (Phi) is 4.65. The molecular weight excluding hydrogens is 297 g/mol. The molecule has 0 radical (unpaired) electrons. The van der Waals surface area contributed by atoms with Crippen molar-refractivity contribution in [2.24, 2.45) is 0 Å². The van der Waals surface area contributed by atoms with Crippen LogP contribution < -0.4 is 10.5 Å². The summed E-state index contributed by atoms with van der Waals surface area (Å²) in [5.74, 6) is -0.973. The quantitative estimate of drug-likeness (QED) is 0.821. The molecular formula is C13H16FN3O3S. The number of nitrogen functional groups attached to an aromatic ring is 1. The fourth-order valence-corrected chi connectivity index (χ4v) is 3.54. The van der Waals surface area contributed by atoms with Gasteiger partial charge in [-0.15, -0.1) is 0 Å². The van der Waals surface area contributed by atoms with E-state index in [0.717, 1.165) is 18.9 Å². The number of nitriles is 1. The van der Waals surface area contributed by atoms with Crippen LogP contribution in [0, 0.1) is 17.1 Å². The van der Waals surface area contributed by atoms with E-state index >= 15 is 0 Å². The lowest BCUT2D eigenvalue weighted by Gasteiger charge is -2.22. The topological polar surface area (TPSA) is 105 Å². The van der Waals surface area contributed by atoms with E-state index in [9.17, 15) is 12.8 Å². The largest absolute Gasteiger partial charge is 0.396 e. The summed E-state index contributed by atoms with van der Waals surface area (Å²) in [4.78, 5) is 0. The van der Waals surface area contributed by atoms with Gasteiger partial charge in [0.25, 0.3) is 0 Å². The second-order valence-corrected chi connectivity index (χ2v) is 6.63. The first kappa shape index (κ1) is 15.5. The molecule has 6 nitrogen and oxygen atoms in total. The molecule has 21 heavy (non-hydrogen) atoms. The molecule has 1 aromatic carbocycles. The van der Waals surface area contributed by atoms with E-state index in [1.54, 1.807) is 6.07 Å². The second-order valence-electron chi connectivity index (χ2n) is 4.87. The number of halogens is 1. The van der Waals surface area contributed by atoms with Crippen molar-refractivity contribution in [2.45, 2.75) is 25.4 Å². The summed E-state index contributed by atoms with van der Waals surface area (Å²) in [5.41, 5.74) is 5.03. The van der Waals surface area contributed by atoms with E-state index in [1.165, 1.54) is 6.07 Å².